The normalized spacial score (nSPS) is 15.5. The van der Waals surface area contributed by atoms with Crippen molar-refractivity contribution < 1.29 is 23.9 Å². The van der Waals surface area contributed by atoms with E-state index in [0.29, 0.717) is 5.69 Å². The molecule has 144 valence electrons. The number of hydrogen-bond acceptors (Lipinski definition) is 8. The lowest BCUT2D eigenvalue weighted by atomic mass is 9.74. The summed E-state index contributed by atoms with van der Waals surface area (Å²) in [6, 6.07) is 7.15. The van der Waals surface area contributed by atoms with Crippen molar-refractivity contribution in [1.82, 2.24) is 0 Å². The number of hydrogen-bond donors (Lipinski definition) is 0. The average Bonchev–Trinajstić information content (AvgIpc) is 2.62. The fraction of sp³-hybridized carbons (Fsp3) is 0.389. The van der Waals surface area contributed by atoms with Gasteiger partial charge < -0.3 is 9.47 Å². The van der Waals surface area contributed by atoms with Gasteiger partial charge in [-0.25, -0.2) is 4.79 Å². The number of esters is 2. The first-order chi connectivity index (χ1) is 12.8. The molecule has 0 fully saturated rings. The van der Waals surface area contributed by atoms with Gasteiger partial charge in [-0.3, -0.25) is 9.59 Å². The largest absolute Gasteiger partial charge is 0.465 e. The van der Waals surface area contributed by atoms with Crippen LogP contribution in [0, 0.1) is 5.41 Å². The van der Waals surface area contributed by atoms with Crippen molar-refractivity contribution in [2.75, 3.05) is 18.3 Å². The van der Waals surface area contributed by atoms with Gasteiger partial charge in [-0.2, -0.15) is 15.3 Å². The number of benzene rings is 1. The van der Waals surface area contributed by atoms with E-state index < -0.39 is 23.1 Å². The number of carbonyl (C=O) groups is 3. The van der Waals surface area contributed by atoms with Gasteiger partial charge in [-0.05, 0) is 52.0 Å². The van der Waals surface area contributed by atoms with Gasteiger partial charge in [0.05, 0.1) is 30.3 Å². The summed E-state index contributed by atoms with van der Waals surface area (Å²) in [7, 11) is 0. The lowest BCUT2D eigenvalue weighted by Gasteiger charge is -2.33. The van der Waals surface area contributed by atoms with Crippen LogP contribution in [-0.4, -0.2) is 42.4 Å². The highest BCUT2D eigenvalue weighted by atomic mass is 79.9. The van der Waals surface area contributed by atoms with E-state index in [4.69, 9.17) is 9.47 Å². The summed E-state index contributed by atoms with van der Waals surface area (Å²) >= 11 is 3.35. The van der Waals surface area contributed by atoms with Crippen molar-refractivity contribution in [2.45, 2.75) is 27.7 Å². The average molecular weight is 438 g/mol. The van der Waals surface area contributed by atoms with Gasteiger partial charge in [0.1, 0.15) is 0 Å². The highest BCUT2D eigenvalue weighted by Gasteiger charge is 2.58. The first-order valence-electron chi connectivity index (χ1n) is 8.34. The number of anilines is 1. The third kappa shape index (κ3) is 3.78. The summed E-state index contributed by atoms with van der Waals surface area (Å²) in [5.74, 6) is -3.10. The first-order valence-corrected chi connectivity index (χ1v) is 9.14. The molecule has 0 aromatic heterocycles. The monoisotopic (exact) mass is 437 g/mol. The molecule has 0 bridgehead atoms. The number of ether oxygens (including phenoxy) is 2. The minimum Gasteiger partial charge on any atom is -0.465 e. The zero-order valence-corrected chi connectivity index (χ0v) is 17.1. The predicted octanol–water partition coefficient (Wildman–Crippen LogP) is 2.70. The molecule has 1 aromatic rings. The number of halogens is 1. The summed E-state index contributed by atoms with van der Waals surface area (Å²) in [4.78, 5) is 37.7. The van der Waals surface area contributed by atoms with Gasteiger partial charge in [0.2, 0.25) is 5.41 Å². The lowest BCUT2D eigenvalue weighted by Crippen LogP contribution is -2.57. The van der Waals surface area contributed by atoms with Crippen molar-refractivity contribution in [1.29, 1.82) is 0 Å². The molecule has 1 aromatic carbocycles. The molecule has 8 nitrogen and oxygen atoms in total. The molecule has 0 aliphatic carbocycles. The van der Waals surface area contributed by atoms with Crippen LogP contribution in [0.1, 0.15) is 27.7 Å². The number of rotatable bonds is 6. The molecule has 9 heteroatoms. The fourth-order valence-electron chi connectivity index (χ4n) is 2.71. The Morgan fingerprint density at radius 1 is 1.00 bits per heavy atom. The third-order valence-corrected chi connectivity index (χ3v) is 4.54. The van der Waals surface area contributed by atoms with E-state index in [1.807, 2.05) is 12.1 Å². The van der Waals surface area contributed by atoms with Crippen LogP contribution in [0.2, 0.25) is 0 Å². The quantitative estimate of drug-likeness (QED) is 0.385. The van der Waals surface area contributed by atoms with Crippen molar-refractivity contribution in [3.63, 3.8) is 0 Å². The van der Waals surface area contributed by atoms with Gasteiger partial charge >= 0.3 is 11.9 Å². The molecule has 0 saturated carbocycles. The van der Waals surface area contributed by atoms with Crippen molar-refractivity contribution >= 4 is 50.8 Å². The van der Waals surface area contributed by atoms with Crippen LogP contribution in [0.5, 0.6) is 0 Å². The van der Waals surface area contributed by atoms with E-state index in [-0.39, 0.29) is 24.6 Å². The first kappa shape index (κ1) is 20.8. The third-order valence-electron chi connectivity index (χ3n) is 4.02. The van der Waals surface area contributed by atoms with Crippen LogP contribution in [0.3, 0.4) is 0 Å². The van der Waals surface area contributed by atoms with Crippen LogP contribution >= 0.6 is 15.9 Å². The maximum absolute atomic E-state index is 12.9. The predicted molar refractivity (Wildman–Crippen MR) is 104 cm³/mol. The molecule has 1 aliphatic rings. The maximum Gasteiger partial charge on any atom is 0.376 e. The second-order valence-electron chi connectivity index (χ2n) is 5.66. The van der Waals surface area contributed by atoms with Crippen LogP contribution in [0.25, 0.3) is 0 Å². The van der Waals surface area contributed by atoms with E-state index in [9.17, 15) is 14.4 Å². The second kappa shape index (κ2) is 8.43. The van der Waals surface area contributed by atoms with Crippen LogP contribution < -0.4 is 5.12 Å². The molecule has 0 amide bonds. The van der Waals surface area contributed by atoms with E-state index >= 15 is 0 Å². The Balaban J connectivity index is 2.55. The molecule has 0 unspecified atom stereocenters. The Labute approximate surface area is 165 Å². The Kier molecular flexibility index (Phi) is 6.48. The van der Waals surface area contributed by atoms with Crippen molar-refractivity contribution in [3.05, 3.63) is 28.7 Å². The number of nitrogens with zero attached hydrogens (tertiary/aromatic N) is 3. The zero-order valence-electron chi connectivity index (χ0n) is 15.5. The summed E-state index contributed by atoms with van der Waals surface area (Å²) < 4.78 is 10.8. The Morgan fingerprint density at radius 2 is 1.52 bits per heavy atom. The molecular weight excluding hydrogens is 418 g/mol. The Hall–Kier alpha value is -2.55. The molecule has 1 heterocycles. The van der Waals surface area contributed by atoms with E-state index in [1.165, 1.54) is 19.0 Å². The van der Waals surface area contributed by atoms with Gasteiger partial charge in [0.25, 0.3) is 5.78 Å². The van der Waals surface area contributed by atoms with Gasteiger partial charge in [0.15, 0.2) is 0 Å². The van der Waals surface area contributed by atoms with E-state index in [2.05, 4.69) is 26.1 Å². The van der Waals surface area contributed by atoms with E-state index in [0.717, 1.165) is 4.47 Å². The molecule has 0 radical (unpaired) electrons. The molecule has 2 rings (SSSR count). The highest BCUT2D eigenvalue weighted by Crippen LogP contribution is 2.32. The topological polar surface area (TPSA) is 97.6 Å². The van der Waals surface area contributed by atoms with Crippen LogP contribution in [0.15, 0.2) is 38.9 Å². The van der Waals surface area contributed by atoms with Crippen LogP contribution in [0.4, 0.5) is 5.69 Å². The number of Topliss-reactive ketones (excluding diaryl/α,β-unsaturated/α-hetero) is 1. The standard InChI is InChI=1S/C18H20BrN3O5/c1-5-26-16(24)15(23)18(17(25)27-6-2)11(3)20-22(21-12(18)4)14-9-7-13(19)8-10-14/h7-10H,5-6H2,1-4H3. The van der Waals surface area contributed by atoms with Crippen molar-refractivity contribution in [3.8, 4) is 0 Å². The highest BCUT2D eigenvalue weighted by molar-refractivity contribution is 9.10. The second-order valence-corrected chi connectivity index (χ2v) is 6.57. The van der Waals surface area contributed by atoms with Gasteiger partial charge in [-0.15, -0.1) is 0 Å². The SMILES string of the molecule is CCOC(=O)C(=O)C1(C(=O)OCC)C(C)=NN(c2ccc(Br)cc2)N=C1C. The fourth-order valence-corrected chi connectivity index (χ4v) is 2.98. The Morgan fingerprint density at radius 3 is 2.00 bits per heavy atom. The summed E-state index contributed by atoms with van der Waals surface area (Å²) in [6.45, 7) is 6.18. The number of hydrazone groups is 2. The van der Waals surface area contributed by atoms with E-state index in [1.54, 1.807) is 26.0 Å². The van der Waals surface area contributed by atoms with Crippen LogP contribution in [-0.2, 0) is 23.9 Å². The summed E-state index contributed by atoms with van der Waals surface area (Å²) in [6.07, 6.45) is 0. The smallest absolute Gasteiger partial charge is 0.376 e. The molecule has 27 heavy (non-hydrogen) atoms. The minimum absolute atomic E-state index is 0.000871. The Bertz CT molecular complexity index is 797. The van der Waals surface area contributed by atoms with Crippen molar-refractivity contribution in [2.24, 2.45) is 15.6 Å². The summed E-state index contributed by atoms with van der Waals surface area (Å²) in [5.41, 5.74) is -1.25. The molecule has 0 saturated heterocycles. The lowest BCUT2D eigenvalue weighted by molar-refractivity contribution is -0.162. The number of carbonyl (C=O) groups excluding carboxylic acids is 3. The molecular formula is C18H20BrN3O5. The summed E-state index contributed by atoms with van der Waals surface area (Å²) in [5, 5.41) is 9.84. The maximum atomic E-state index is 12.9. The molecule has 1 aliphatic heterocycles. The molecule has 0 spiro atoms. The number of ketones is 1. The molecule has 0 N–H and O–H groups in total. The minimum atomic E-state index is -2.03. The molecule has 0 atom stereocenters. The zero-order chi connectivity index (χ0) is 20.2. The van der Waals surface area contributed by atoms with Gasteiger partial charge in [0, 0.05) is 4.47 Å². The van der Waals surface area contributed by atoms with Gasteiger partial charge in [-0.1, -0.05) is 15.9 Å².